The van der Waals surface area contributed by atoms with Gasteiger partial charge in [0.15, 0.2) is 0 Å². The van der Waals surface area contributed by atoms with Crippen LogP contribution in [0.25, 0.3) is 10.9 Å². The smallest absolute Gasteiger partial charge is 0.335 e. The Bertz CT molecular complexity index is 1310. The maximum atomic E-state index is 13.7. The van der Waals surface area contributed by atoms with Crippen molar-refractivity contribution in [1.29, 1.82) is 0 Å². The van der Waals surface area contributed by atoms with Crippen LogP contribution in [0, 0.1) is 5.82 Å². The number of fused-ring (bicyclic) bond motifs is 1. The van der Waals surface area contributed by atoms with Gasteiger partial charge in [0, 0.05) is 18.1 Å². The largest absolute Gasteiger partial charge is 0.478 e. The lowest BCUT2D eigenvalue weighted by atomic mass is 10.1. The average Bonchev–Trinajstić information content (AvgIpc) is 3.05. The van der Waals surface area contributed by atoms with E-state index in [1.807, 2.05) is 31.2 Å². The number of aromatic carboxylic acids is 1. The number of benzene rings is 3. The second-order valence-corrected chi connectivity index (χ2v) is 7.56. The van der Waals surface area contributed by atoms with Crippen LogP contribution in [0.3, 0.4) is 0 Å². The Morgan fingerprint density at radius 3 is 2.41 bits per heavy atom. The molecule has 0 aliphatic heterocycles. The minimum absolute atomic E-state index is 0.183. The van der Waals surface area contributed by atoms with Crippen molar-refractivity contribution in [3.8, 4) is 0 Å². The number of carboxylic acids is 1. The Kier molecular flexibility index (Phi) is 5.64. The van der Waals surface area contributed by atoms with Gasteiger partial charge in [0.05, 0.1) is 22.8 Å². The highest BCUT2D eigenvalue weighted by Crippen LogP contribution is 2.33. The fraction of sp³-hybridized carbons (Fsp3) is 0.120. The van der Waals surface area contributed by atoms with Crippen LogP contribution in [0.4, 0.5) is 15.8 Å². The van der Waals surface area contributed by atoms with Gasteiger partial charge < -0.3 is 20.3 Å². The van der Waals surface area contributed by atoms with Gasteiger partial charge in [-0.1, -0.05) is 36.4 Å². The number of nitrogens with zero attached hydrogens (tertiary/aromatic N) is 1. The topological polar surface area (TPSA) is 83.4 Å². The molecule has 3 N–H and O–H groups in total. The van der Waals surface area contributed by atoms with Crippen molar-refractivity contribution in [2.75, 3.05) is 5.32 Å². The van der Waals surface area contributed by atoms with E-state index < -0.39 is 5.97 Å². The molecule has 0 saturated heterocycles. The molecule has 1 aromatic heterocycles. The van der Waals surface area contributed by atoms with E-state index in [9.17, 15) is 14.0 Å². The summed E-state index contributed by atoms with van der Waals surface area (Å²) < 4.78 is 15.5. The zero-order valence-electron chi connectivity index (χ0n) is 17.6. The maximum absolute atomic E-state index is 13.7. The molecule has 32 heavy (non-hydrogen) atoms. The molecule has 162 valence electrons. The van der Waals surface area contributed by atoms with Crippen LogP contribution >= 0.6 is 0 Å². The van der Waals surface area contributed by atoms with Gasteiger partial charge in [0.2, 0.25) is 0 Å². The van der Waals surface area contributed by atoms with Crippen LogP contribution in [-0.2, 0) is 7.05 Å². The van der Waals surface area contributed by atoms with Gasteiger partial charge in [0.25, 0.3) is 5.91 Å². The monoisotopic (exact) mass is 431 g/mol. The number of carbonyl (C=O) groups is 2. The first-order valence-electron chi connectivity index (χ1n) is 10.1. The number of aromatic nitrogens is 1. The molecule has 1 amide bonds. The third-order valence-electron chi connectivity index (χ3n) is 5.42. The van der Waals surface area contributed by atoms with Crippen molar-refractivity contribution in [3.63, 3.8) is 0 Å². The molecule has 0 saturated carbocycles. The van der Waals surface area contributed by atoms with Crippen molar-refractivity contribution >= 4 is 34.2 Å². The van der Waals surface area contributed by atoms with Gasteiger partial charge in [-0.25, -0.2) is 9.18 Å². The summed E-state index contributed by atoms with van der Waals surface area (Å²) in [5, 5.41) is 16.1. The second kappa shape index (κ2) is 8.55. The molecule has 4 aromatic rings. The molecular formula is C25H22FN3O3. The van der Waals surface area contributed by atoms with E-state index >= 15 is 0 Å². The lowest BCUT2D eigenvalue weighted by molar-refractivity contribution is 0.0696. The molecule has 1 heterocycles. The summed E-state index contributed by atoms with van der Waals surface area (Å²) in [5.74, 6) is -1.69. The van der Waals surface area contributed by atoms with E-state index in [0.29, 0.717) is 17.1 Å². The van der Waals surface area contributed by atoms with Gasteiger partial charge in [0.1, 0.15) is 11.5 Å². The molecule has 6 nitrogen and oxygen atoms in total. The van der Waals surface area contributed by atoms with Crippen LogP contribution in [0.15, 0.2) is 72.8 Å². The quantitative estimate of drug-likeness (QED) is 0.389. The summed E-state index contributed by atoms with van der Waals surface area (Å²) in [7, 11) is 1.81. The molecule has 0 bridgehead atoms. The molecule has 1 atom stereocenters. The average molecular weight is 431 g/mol. The summed E-state index contributed by atoms with van der Waals surface area (Å²) in [6, 6.07) is 19.7. The maximum Gasteiger partial charge on any atom is 0.335 e. The van der Waals surface area contributed by atoms with Crippen LogP contribution in [0.1, 0.15) is 39.4 Å². The van der Waals surface area contributed by atoms with E-state index in [0.717, 1.165) is 16.5 Å². The van der Waals surface area contributed by atoms with Gasteiger partial charge in [-0.2, -0.15) is 0 Å². The first-order chi connectivity index (χ1) is 15.3. The predicted octanol–water partition coefficient (Wildman–Crippen LogP) is 5.25. The van der Waals surface area contributed by atoms with Crippen molar-refractivity contribution in [3.05, 3.63) is 95.4 Å². The van der Waals surface area contributed by atoms with Crippen molar-refractivity contribution < 1.29 is 19.1 Å². The minimum atomic E-state index is -1.00. The van der Waals surface area contributed by atoms with Crippen molar-refractivity contribution in [2.45, 2.75) is 13.0 Å². The summed E-state index contributed by atoms with van der Waals surface area (Å²) in [5.41, 5.74) is 3.34. The van der Waals surface area contributed by atoms with E-state index in [1.54, 1.807) is 35.9 Å². The number of hydrogen-bond donors (Lipinski definition) is 3. The fourth-order valence-electron chi connectivity index (χ4n) is 3.76. The van der Waals surface area contributed by atoms with E-state index in [4.69, 9.17) is 5.11 Å². The minimum Gasteiger partial charge on any atom is -0.478 e. The Morgan fingerprint density at radius 1 is 1.00 bits per heavy atom. The number of hydrogen-bond acceptors (Lipinski definition) is 3. The first kappa shape index (κ1) is 21.1. The van der Waals surface area contributed by atoms with Gasteiger partial charge in [-0.15, -0.1) is 0 Å². The Labute approximate surface area is 184 Å². The van der Waals surface area contributed by atoms with E-state index in [-0.39, 0.29) is 23.3 Å². The summed E-state index contributed by atoms with van der Waals surface area (Å²) >= 11 is 0. The molecular weight excluding hydrogens is 409 g/mol. The number of aryl methyl sites for hydroxylation is 1. The van der Waals surface area contributed by atoms with Crippen molar-refractivity contribution in [2.24, 2.45) is 7.05 Å². The number of halogens is 1. The Morgan fingerprint density at radius 2 is 1.72 bits per heavy atom. The van der Waals surface area contributed by atoms with Crippen molar-refractivity contribution in [1.82, 2.24) is 9.88 Å². The van der Waals surface area contributed by atoms with Crippen LogP contribution < -0.4 is 10.6 Å². The number of para-hydroxylation sites is 1. The number of nitrogens with one attached hydrogen (secondary N) is 2. The van der Waals surface area contributed by atoms with Crippen LogP contribution in [0.2, 0.25) is 0 Å². The molecule has 1 unspecified atom stereocenters. The van der Waals surface area contributed by atoms with Crippen LogP contribution in [-0.4, -0.2) is 21.6 Å². The number of anilines is 2. The van der Waals surface area contributed by atoms with E-state index in [1.165, 1.54) is 24.3 Å². The fourth-order valence-corrected chi connectivity index (χ4v) is 3.76. The number of rotatable bonds is 6. The summed E-state index contributed by atoms with van der Waals surface area (Å²) in [6.45, 7) is 1.83. The lowest BCUT2D eigenvalue weighted by Crippen LogP contribution is -2.29. The number of carboxylic acid groups (broad SMARTS) is 1. The highest BCUT2D eigenvalue weighted by Gasteiger charge is 2.23. The first-order valence-corrected chi connectivity index (χ1v) is 10.1. The zero-order chi connectivity index (χ0) is 22.8. The Balaban J connectivity index is 1.68. The van der Waals surface area contributed by atoms with Crippen LogP contribution in [0.5, 0.6) is 0 Å². The predicted molar refractivity (Wildman–Crippen MR) is 122 cm³/mol. The number of amides is 1. The molecule has 0 radical (unpaired) electrons. The lowest BCUT2D eigenvalue weighted by Gasteiger charge is -2.16. The number of carbonyl (C=O) groups excluding carboxylic acids is 1. The Hall–Kier alpha value is -4.13. The molecule has 3 aromatic carbocycles. The second-order valence-electron chi connectivity index (χ2n) is 7.56. The molecule has 0 fully saturated rings. The van der Waals surface area contributed by atoms with E-state index in [2.05, 4.69) is 10.6 Å². The third kappa shape index (κ3) is 4.05. The highest BCUT2D eigenvalue weighted by atomic mass is 19.1. The SMILES string of the molecule is CC(NC(=O)c1c(Nc2cccc(F)c2)c2ccccc2n1C)c1ccc(C(=O)O)cc1. The third-order valence-corrected chi connectivity index (χ3v) is 5.42. The molecule has 0 aliphatic rings. The molecule has 4 rings (SSSR count). The summed E-state index contributed by atoms with van der Waals surface area (Å²) in [6.07, 6.45) is 0. The normalized spacial score (nSPS) is 11.8. The standard InChI is InChI=1S/C25H22FN3O3/c1-15(16-10-12-17(13-11-16)25(31)32)27-24(30)23-22(28-19-7-5-6-18(26)14-19)20-8-3-4-9-21(20)29(23)2/h3-15,28H,1-2H3,(H,27,30)(H,31,32). The van der Waals surface area contributed by atoms with Gasteiger partial charge in [-0.3, -0.25) is 4.79 Å². The van der Waals surface area contributed by atoms with Gasteiger partial charge >= 0.3 is 5.97 Å². The molecule has 0 aliphatic carbocycles. The van der Waals surface area contributed by atoms with Gasteiger partial charge in [-0.05, 0) is 48.9 Å². The molecule has 7 heteroatoms. The summed E-state index contributed by atoms with van der Waals surface area (Å²) in [4.78, 5) is 24.4. The molecule has 0 spiro atoms. The zero-order valence-corrected chi connectivity index (χ0v) is 17.6. The highest BCUT2D eigenvalue weighted by molar-refractivity contribution is 6.09.